The van der Waals surface area contributed by atoms with Gasteiger partial charge in [0, 0.05) is 58.2 Å². The zero-order valence-corrected chi connectivity index (χ0v) is 12.8. The van der Waals surface area contributed by atoms with E-state index in [1.165, 1.54) is 39.0 Å². The fraction of sp³-hybridized carbons (Fsp3) is 1.00. The molecule has 2 aliphatic heterocycles. The van der Waals surface area contributed by atoms with Gasteiger partial charge in [-0.2, -0.15) is 0 Å². The quantitative estimate of drug-likeness (QED) is 0.813. The fourth-order valence-electron chi connectivity index (χ4n) is 3.69. The summed E-state index contributed by atoms with van der Waals surface area (Å²) in [4.78, 5) is 5.12. The van der Waals surface area contributed by atoms with E-state index < -0.39 is 0 Å². The number of piperazine rings is 1. The Bertz CT molecular complexity index is 291. The smallest absolute Gasteiger partial charge is 0.168 e. The summed E-state index contributed by atoms with van der Waals surface area (Å²) in [5, 5.41) is 3.41. The molecule has 0 amide bonds. The number of nitrogens with zero attached hydrogens (tertiary/aromatic N) is 2. The van der Waals surface area contributed by atoms with Gasteiger partial charge in [0.1, 0.15) is 0 Å². The van der Waals surface area contributed by atoms with Crippen LogP contribution in [0.2, 0.25) is 0 Å². The van der Waals surface area contributed by atoms with E-state index >= 15 is 0 Å². The second-order valence-corrected chi connectivity index (χ2v) is 6.41. The first-order chi connectivity index (χ1) is 9.77. The van der Waals surface area contributed by atoms with E-state index in [2.05, 4.69) is 22.2 Å². The van der Waals surface area contributed by atoms with Crippen LogP contribution in [-0.4, -0.2) is 81.2 Å². The normalized spacial score (nSPS) is 28.5. The van der Waals surface area contributed by atoms with Gasteiger partial charge in [-0.3, -0.25) is 4.90 Å². The number of ether oxygens (including phenoxy) is 2. The summed E-state index contributed by atoms with van der Waals surface area (Å²) in [6.45, 7) is 8.63. The molecule has 5 heteroatoms. The lowest BCUT2D eigenvalue weighted by atomic mass is 9.89. The minimum Gasteiger partial charge on any atom is -0.348 e. The van der Waals surface area contributed by atoms with Gasteiger partial charge in [-0.05, 0) is 19.9 Å². The monoisotopic (exact) mass is 283 g/mol. The van der Waals surface area contributed by atoms with Crippen molar-refractivity contribution in [3.05, 3.63) is 0 Å². The molecule has 1 saturated carbocycles. The van der Waals surface area contributed by atoms with E-state index in [9.17, 15) is 0 Å². The highest BCUT2D eigenvalue weighted by Crippen LogP contribution is 2.36. The Morgan fingerprint density at radius 2 is 1.80 bits per heavy atom. The Hall–Kier alpha value is -0.200. The largest absolute Gasteiger partial charge is 0.348 e. The molecule has 0 aromatic heterocycles. The van der Waals surface area contributed by atoms with Crippen molar-refractivity contribution in [2.45, 2.75) is 37.5 Å². The highest BCUT2D eigenvalue weighted by atomic mass is 16.7. The Labute approximate surface area is 122 Å². The van der Waals surface area contributed by atoms with Gasteiger partial charge in [-0.1, -0.05) is 0 Å². The maximum atomic E-state index is 5.81. The molecule has 3 rings (SSSR count). The number of rotatable bonds is 4. The molecule has 0 radical (unpaired) electrons. The third-order valence-corrected chi connectivity index (χ3v) is 5.13. The molecule has 0 bridgehead atoms. The van der Waals surface area contributed by atoms with Gasteiger partial charge in [-0.25, -0.2) is 0 Å². The van der Waals surface area contributed by atoms with Crippen molar-refractivity contribution in [3.63, 3.8) is 0 Å². The van der Waals surface area contributed by atoms with Gasteiger partial charge in [0.15, 0.2) is 5.79 Å². The molecule has 3 fully saturated rings. The molecule has 1 N–H and O–H groups in total. The minimum atomic E-state index is -0.212. The Kier molecular flexibility index (Phi) is 4.94. The van der Waals surface area contributed by atoms with E-state index in [0.29, 0.717) is 6.04 Å². The molecule has 1 spiro atoms. The predicted octanol–water partition coefficient (Wildman–Crippen LogP) is 0.509. The fourth-order valence-corrected chi connectivity index (χ4v) is 3.69. The standard InChI is InChI=1S/C15H29N3O2/c1-17(10-11-18-8-6-16-7-9-18)14-2-4-15(5-3-14)19-12-13-20-15/h14,16H,2-13H2,1H3. The average Bonchev–Trinajstić information content (AvgIpc) is 2.95. The number of likely N-dealkylation sites (N-methyl/N-ethyl adjacent to an activating group) is 1. The number of hydrogen-bond acceptors (Lipinski definition) is 5. The van der Waals surface area contributed by atoms with E-state index in [1.807, 2.05) is 0 Å². The van der Waals surface area contributed by atoms with Gasteiger partial charge in [0.25, 0.3) is 0 Å². The van der Waals surface area contributed by atoms with Crippen LogP contribution in [0.15, 0.2) is 0 Å². The molecular weight excluding hydrogens is 254 g/mol. The van der Waals surface area contributed by atoms with Crippen LogP contribution in [0.4, 0.5) is 0 Å². The first-order valence-electron chi connectivity index (χ1n) is 8.19. The van der Waals surface area contributed by atoms with Gasteiger partial charge in [0.2, 0.25) is 0 Å². The zero-order valence-electron chi connectivity index (χ0n) is 12.8. The highest BCUT2D eigenvalue weighted by molar-refractivity contribution is 4.86. The van der Waals surface area contributed by atoms with Crippen molar-refractivity contribution in [1.82, 2.24) is 15.1 Å². The molecular formula is C15H29N3O2. The Morgan fingerprint density at radius 3 is 2.45 bits per heavy atom. The van der Waals surface area contributed by atoms with Crippen molar-refractivity contribution < 1.29 is 9.47 Å². The summed E-state index contributed by atoms with van der Waals surface area (Å²) in [6.07, 6.45) is 4.54. The van der Waals surface area contributed by atoms with Crippen LogP contribution in [0, 0.1) is 0 Å². The molecule has 0 aromatic carbocycles. The van der Waals surface area contributed by atoms with Crippen molar-refractivity contribution in [2.24, 2.45) is 0 Å². The average molecular weight is 283 g/mol. The second-order valence-electron chi connectivity index (χ2n) is 6.41. The first kappa shape index (κ1) is 14.7. The summed E-state index contributed by atoms with van der Waals surface area (Å²) in [5.41, 5.74) is 0. The van der Waals surface area contributed by atoms with E-state index in [0.717, 1.165) is 39.1 Å². The van der Waals surface area contributed by atoms with Crippen molar-refractivity contribution in [2.75, 3.05) is 59.5 Å². The molecule has 116 valence electrons. The molecule has 20 heavy (non-hydrogen) atoms. The Morgan fingerprint density at radius 1 is 1.15 bits per heavy atom. The zero-order chi connectivity index (χ0) is 13.8. The van der Waals surface area contributed by atoms with Gasteiger partial charge >= 0.3 is 0 Å². The third-order valence-electron chi connectivity index (χ3n) is 5.13. The maximum absolute atomic E-state index is 5.81. The maximum Gasteiger partial charge on any atom is 0.168 e. The topological polar surface area (TPSA) is 37.0 Å². The van der Waals surface area contributed by atoms with Crippen LogP contribution in [0.3, 0.4) is 0 Å². The van der Waals surface area contributed by atoms with Crippen molar-refractivity contribution >= 4 is 0 Å². The van der Waals surface area contributed by atoms with Gasteiger partial charge in [0.05, 0.1) is 13.2 Å². The molecule has 5 nitrogen and oxygen atoms in total. The summed E-state index contributed by atoms with van der Waals surface area (Å²) < 4.78 is 11.6. The van der Waals surface area contributed by atoms with Gasteiger partial charge < -0.3 is 19.7 Å². The van der Waals surface area contributed by atoms with Crippen molar-refractivity contribution in [1.29, 1.82) is 0 Å². The molecule has 2 heterocycles. The number of hydrogen-bond donors (Lipinski definition) is 1. The molecule has 0 unspecified atom stereocenters. The van der Waals surface area contributed by atoms with Crippen LogP contribution in [0.5, 0.6) is 0 Å². The lowest BCUT2D eigenvalue weighted by Crippen LogP contribution is -2.48. The van der Waals surface area contributed by atoms with Crippen LogP contribution < -0.4 is 5.32 Å². The molecule has 3 aliphatic rings. The Balaban J connectivity index is 1.38. The third kappa shape index (κ3) is 3.52. The lowest BCUT2D eigenvalue weighted by Gasteiger charge is -2.39. The summed E-state index contributed by atoms with van der Waals surface area (Å²) in [6, 6.07) is 0.705. The van der Waals surface area contributed by atoms with E-state index in [4.69, 9.17) is 9.47 Å². The minimum absolute atomic E-state index is 0.212. The van der Waals surface area contributed by atoms with Crippen LogP contribution >= 0.6 is 0 Å². The summed E-state index contributed by atoms with van der Waals surface area (Å²) in [5.74, 6) is -0.212. The predicted molar refractivity (Wildman–Crippen MR) is 78.8 cm³/mol. The molecule has 2 saturated heterocycles. The van der Waals surface area contributed by atoms with E-state index in [-0.39, 0.29) is 5.79 Å². The van der Waals surface area contributed by atoms with Crippen LogP contribution in [0.1, 0.15) is 25.7 Å². The molecule has 0 atom stereocenters. The second kappa shape index (κ2) is 6.71. The van der Waals surface area contributed by atoms with E-state index in [1.54, 1.807) is 0 Å². The summed E-state index contributed by atoms with van der Waals surface area (Å²) in [7, 11) is 2.28. The van der Waals surface area contributed by atoms with Gasteiger partial charge in [-0.15, -0.1) is 0 Å². The number of nitrogens with one attached hydrogen (secondary N) is 1. The molecule has 0 aromatic rings. The highest BCUT2D eigenvalue weighted by Gasteiger charge is 2.40. The summed E-state index contributed by atoms with van der Waals surface area (Å²) >= 11 is 0. The lowest BCUT2D eigenvalue weighted by molar-refractivity contribution is -0.183. The van der Waals surface area contributed by atoms with Crippen LogP contribution in [-0.2, 0) is 9.47 Å². The molecule has 1 aliphatic carbocycles. The van der Waals surface area contributed by atoms with Crippen LogP contribution in [0.25, 0.3) is 0 Å². The van der Waals surface area contributed by atoms with Crippen molar-refractivity contribution in [3.8, 4) is 0 Å². The first-order valence-corrected chi connectivity index (χ1v) is 8.19. The SMILES string of the molecule is CN(CCN1CCNCC1)C1CCC2(CC1)OCCO2.